The summed E-state index contributed by atoms with van der Waals surface area (Å²) in [6, 6.07) is 4.40. The van der Waals surface area contributed by atoms with Gasteiger partial charge < -0.3 is 14.4 Å². The zero-order chi connectivity index (χ0) is 17.1. The fourth-order valence-corrected chi connectivity index (χ4v) is 4.21. The Morgan fingerprint density at radius 2 is 2.33 bits per heavy atom. The average Bonchev–Trinajstić information content (AvgIpc) is 3.19. The number of hydrogen-bond acceptors (Lipinski definition) is 4. The Morgan fingerprint density at radius 3 is 3.04 bits per heavy atom. The molecule has 2 saturated heterocycles. The van der Waals surface area contributed by atoms with E-state index >= 15 is 0 Å². The van der Waals surface area contributed by atoms with Crippen LogP contribution in [0.1, 0.15) is 5.56 Å². The van der Waals surface area contributed by atoms with Crippen molar-refractivity contribution in [3.8, 4) is 0 Å². The van der Waals surface area contributed by atoms with Gasteiger partial charge in [0, 0.05) is 10.6 Å². The van der Waals surface area contributed by atoms with Gasteiger partial charge in [0.1, 0.15) is 17.3 Å². The maximum absolute atomic E-state index is 14.0. The summed E-state index contributed by atoms with van der Waals surface area (Å²) in [7, 11) is 1.29. The van der Waals surface area contributed by atoms with Gasteiger partial charge in [-0.25, -0.2) is 4.39 Å². The van der Waals surface area contributed by atoms with Gasteiger partial charge in [-0.3, -0.25) is 9.59 Å². The molecule has 7 heteroatoms. The number of methoxy groups -OCH3 is 1. The number of amides is 1. The van der Waals surface area contributed by atoms with Crippen molar-refractivity contribution in [3.63, 3.8) is 0 Å². The lowest BCUT2D eigenvalue weighted by Crippen LogP contribution is -2.39. The Hall–Kier alpha value is -1.92. The molecule has 3 aliphatic heterocycles. The van der Waals surface area contributed by atoms with Gasteiger partial charge in [0.15, 0.2) is 0 Å². The third-order valence-corrected chi connectivity index (χ3v) is 5.42. The molecular weight excluding hydrogens is 337 g/mol. The van der Waals surface area contributed by atoms with Crippen LogP contribution in [-0.2, 0) is 25.6 Å². The molecule has 0 N–H and O–H groups in total. The molecule has 3 heterocycles. The summed E-state index contributed by atoms with van der Waals surface area (Å²) in [5, 5.41) is 0.266. The van der Waals surface area contributed by atoms with Crippen molar-refractivity contribution >= 4 is 23.5 Å². The number of rotatable bonds is 3. The van der Waals surface area contributed by atoms with Gasteiger partial charge in [-0.1, -0.05) is 29.8 Å². The molecule has 5 nitrogen and oxygen atoms in total. The van der Waals surface area contributed by atoms with Crippen LogP contribution in [0.15, 0.2) is 30.4 Å². The van der Waals surface area contributed by atoms with Crippen LogP contribution in [0.3, 0.4) is 0 Å². The molecule has 1 aromatic rings. The van der Waals surface area contributed by atoms with E-state index in [1.54, 1.807) is 12.1 Å². The minimum absolute atomic E-state index is 0.0400. The van der Waals surface area contributed by atoms with Gasteiger partial charge in [0.2, 0.25) is 5.91 Å². The minimum atomic E-state index is -0.835. The molecule has 126 valence electrons. The molecular formula is C17H15ClFNO4. The summed E-state index contributed by atoms with van der Waals surface area (Å²) in [6.07, 6.45) is 3.19. The summed E-state index contributed by atoms with van der Waals surface area (Å²) >= 11 is 6.06. The molecule has 0 unspecified atom stereocenters. The summed E-state index contributed by atoms with van der Waals surface area (Å²) < 4.78 is 24.8. The number of carbonyl (C=O) groups excluding carboxylic acids is 2. The first-order chi connectivity index (χ1) is 11.5. The largest absolute Gasteiger partial charge is 0.469 e. The standard InChI is InChI=1S/C17H15ClFNO4/c1-23-16(22)13-12-5-6-17(24-12)8-20(15(21)14(13)17)7-9-10(18)3-2-4-11(9)19/h2-6,12-14H,7-8H2,1H3/t12-,13+,14-,17+/m0/s1. The third kappa shape index (κ3) is 2.03. The van der Waals surface area contributed by atoms with Crippen molar-refractivity contribution in [2.24, 2.45) is 11.8 Å². The molecule has 4 atom stereocenters. The highest BCUT2D eigenvalue weighted by Crippen LogP contribution is 2.52. The van der Waals surface area contributed by atoms with Crippen LogP contribution in [0.4, 0.5) is 4.39 Å². The molecule has 0 aromatic heterocycles. The van der Waals surface area contributed by atoms with Crippen molar-refractivity contribution in [1.29, 1.82) is 0 Å². The quantitative estimate of drug-likeness (QED) is 0.617. The first-order valence-corrected chi connectivity index (χ1v) is 8.01. The molecule has 0 saturated carbocycles. The topological polar surface area (TPSA) is 55.8 Å². The molecule has 1 amide bonds. The monoisotopic (exact) mass is 351 g/mol. The van der Waals surface area contributed by atoms with E-state index in [-0.39, 0.29) is 29.6 Å². The first-order valence-electron chi connectivity index (χ1n) is 7.63. The van der Waals surface area contributed by atoms with E-state index in [0.717, 1.165) is 0 Å². The summed E-state index contributed by atoms with van der Waals surface area (Å²) in [5.74, 6) is -2.46. The Balaban J connectivity index is 1.65. The maximum Gasteiger partial charge on any atom is 0.312 e. The first kappa shape index (κ1) is 15.6. The smallest absolute Gasteiger partial charge is 0.312 e. The lowest BCUT2D eigenvalue weighted by Gasteiger charge is -2.22. The molecule has 2 bridgehead atoms. The Kier molecular flexibility index (Phi) is 3.44. The van der Waals surface area contributed by atoms with Crippen molar-refractivity contribution < 1.29 is 23.5 Å². The van der Waals surface area contributed by atoms with E-state index in [2.05, 4.69) is 0 Å². The van der Waals surface area contributed by atoms with Crippen LogP contribution in [0.5, 0.6) is 0 Å². The zero-order valence-corrected chi connectivity index (χ0v) is 13.6. The van der Waals surface area contributed by atoms with Crippen molar-refractivity contribution in [3.05, 3.63) is 46.8 Å². The highest BCUT2D eigenvalue weighted by Gasteiger charge is 2.67. The summed E-state index contributed by atoms with van der Waals surface area (Å²) in [5.41, 5.74) is -0.574. The normalized spacial score (nSPS) is 33.2. The van der Waals surface area contributed by atoms with E-state index in [9.17, 15) is 14.0 Å². The van der Waals surface area contributed by atoms with E-state index in [4.69, 9.17) is 21.1 Å². The van der Waals surface area contributed by atoms with Gasteiger partial charge in [-0.05, 0) is 12.1 Å². The lowest BCUT2D eigenvalue weighted by atomic mass is 9.77. The predicted octanol–water partition coefficient (Wildman–Crippen LogP) is 1.93. The second kappa shape index (κ2) is 5.29. The van der Waals surface area contributed by atoms with Gasteiger partial charge in [0.05, 0.1) is 32.2 Å². The third-order valence-electron chi connectivity index (χ3n) is 5.06. The minimum Gasteiger partial charge on any atom is -0.469 e. The summed E-state index contributed by atoms with van der Waals surface area (Å²) in [4.78, 5) is 26.4. The number of halogens is 2. The average molecular weight is 352 g/mol. The fraction of sp³-hybridized carbons (Fsp3) is 0.412. The molecule has 1 aromatic carbocycles. The fourth-order valence-electron chi connectivity index (χ4n) is 3.99. The number of benzene rings is 1. The number of likely N-dealkylation sites (tertiary alicyclic amines) is 1. The number of fused-ring (bicyclic) bond motifs is 1. The zero-order valence-electron chi connectivity index (χ0n) is 12.9. The molecule has 0 radical (unpaired) electrons. The van der Waals surface area contributed by atoms with Gasteiger partial charge in [-0.15, -0.1) is 0 Å². The maximum atomic E-state index is 14.0. The van der Waals surface area contributed by atoms with Crippen LogP contribution in [-0.4, -0.2) is 42.1 Å². The van der Waals surface area contributed by atoms with E-state index in [1.165, 1.54) is 24.1 Å². The Bertz CT molecular complexity index is 747. The Morgan fingerprint density at radius 1 is 1.54 bits per heavy atom. The number of ether oxygens (including phenoxy) is 2. The van der Waals surface area contributed by atoms with Crippen LogP contribution in [0, 0.1) is 17.7 Å². The second-order valence-electron chi connectivity index (χ2n) is 6.32. The number of nitrogens with zero attached hydrogens (tertiary/aromatic N) is 1. The molecule has 24 heavy (non-hydrogen) atoms. The van der Waals surface area contributed by atoms with Gasteiger partial charge in [-0.2, -0.15) is 0 Å². The molecule has 0 aliphatic carbocycles. The number of hydrogen-bond donors (Lipinski definition) is 0. The molecule has 3 aliphatic rings. The van der Waals surface area contributed by atoms with Gasteiger partial charge in [0.25, 0.3) is 0 Å². The molecule has 4 rings (SSSR count). The molecule has 2 fully saturated rings. The van der Waals surface area contributed by atoms with E-state index in [1.807, 2.05) is 6.08 Å². The van der Waals surface area contributed by atoms with Crippen molar-refractivity contribution in [2.75, 3.05) is 13.7 Å². The lowest BCUT2D eigenvalue weighted by molar-refractivity contribution is -0.151. The van der Waals surface area contributed by atoms with Crippen LogP contribution in [0.2, 0.25) is 5.02 Å². The van der Waals surface area contributed by atoms with Crippen molar-refractivity contribution in [2.45, 2.75) is 18.2 Å². The molecule has 1 spiro atoms. The highest BCUT2D eigenvalue weighted by atomic mass is 35.5. The highest BCUT2D eigenvalue weighted by molar-refractivity contribution is 6.31. The SMILES string of the molecule is COC(=O)[C@@H]1[C@@H]2C=C[C@]3(CN(Cc4c(F)cccc4Cl)C(=O)[C@H]13)O2. The van der Waals surface area contributed by atoms with E-state index < -0.39 is 35.3 Å². The van der Waals surface area contributed by atoms with E-state index in [0.29, 0.717) is 0 Å². The second-order valence-corrected chi connectivity index (χ2v) is 6.72. The summed E-state index contributed by atoms with van der Waals surface area (Å²) in [6.45, 7) is 0.306. The number of carbonyl (C=O) groups is 2. The number of esters is 1. The van der Waals surface area contributed by atoms with Crippen molar-refractivity contribution in [1.82, 2.24) is 4.90 Å². The van der Waals surface area contributed by atoms with Crippen LogP contribution < -0.4 is 0 Å². The van der Waals surface area contributed by atoms with Gasteiger partial charge >= 0.3 is 5.97 Å². The van der Waals surface area contributed by atoms with Crippen LogP contribution in [0.25, 0.3) is 0 Å². The Labute approximate surface area is 143 Å². The van der Waals surface area contributed by atoms with Crippen LogP contribution >= 0.6 is 11.6 Å². The predicted molar refractivity (Wildman–Crippen MR) is 82.6 cm³/mol.